The third-order valence-electron chi connectivity index (χ3n) is 3.71. The van der Waals surface area contributed by atoms with Gasteiger partial charge in [-0.3, -0.25) is 4.99 Å². The lowest BCUT2D eigenvalue weighted by Crippen LogP contribution is -2.42. The summed E-state index contributed by atoms with van der Waals surface area (Å²) in [7, 11) is 1.79. The first kappa shape index (κ1) is 14.4. The van der Waals surface area contributed by atoms with Crippen LogP contribution in [0.15, 0.2) is 53.7 Å². The van der Waals surface area contributed by atoms with Gasteiger partial charge in [-0.1, -0.05) is 42.5 Å². The first-order valence-electron chi connectivity index (χ1n) is 7.56. The van der Waals surface area contributed by atoms with Crippen LogP contribution in [0.4, 0.5) is 0 Å². The maximum absolute atomic E-state index is 4.42. The maximum Gasteiger partial charge on any atom is 0.191 e. The fourth-order valence-electron chi connectivity index (χ4n) is 2.51. The number of aromatic nitrogens is 2. The number of nitrogens with one attached hydrogen (secondary N) is 3. The quantitative estimate of drug-likeness (QED) is 0.461. The highest BCUT2D eigenvalue weighted by Crippen LogP contribution is 2.15. The lowest BCUT2D eigenvalue weighted by atomic mass is 10.2. The second-order valence-electron chi connectivity index (χ2n) is 5.32. The fourth-order valence-corrected chi connectivity index (χ4v) is 2.51. The zero-order chi connectivity index (χ0) is 15.2. The van der Waals surface area contributed by atoms with Gasteiger partial charge in [-0.2, -0.15) is 0 Å². The van der Waals surface area contributed by atoms with Crippen molar-refractivity contribution in [1.29, 1.82) is 0 Å². The SMILES string of the molecule is CN=C(NCc1ncc(-c2ccccc2)[nH]1)NC1CC=CC1. The van der Waals surface area contributed by atoms with Crippen molar-refractivity contribution in [3.8, 4) is 11.3 Å². The Morgan fingerprint density at radius 1 is 1.27 bits per heavy atom. The van der Waals surface area contributed by atoms with Crippen LogP contribution in [0.3, 0.4) is 0 Å². The van der Waals surface area contributed by atoms with Crippen LogP contribution in [-0.2, 0) is 6.54 Å². The molecule has 5 nitrogen and oxygen atoms in total. The maximum atomic E-state index is 4.42. The number of guanidine groups is 1. The van der Waals surface area contributed by atoms with Crippen molar-refractivity contribution in [3.05, 3.63) is 54.5 Å². The zero-order valence-electron chi connectivity index (χ0n) is 12.7. The largest absolute Gasteiger partial charge is 0.353 e. The second kappa shape index (κ2) is 6.93. The highest BCUT2D eigenvalue weighted by molar-refractivity contribution is 5.80. The van der Waals surface area contributed by atoms with Crippen LogP contribution in [0.1, 0.15) is 18.7 Å². The molecule has 0 radical (unpaired) electrons. The molecule has 2 aromatic rings. The number of H-pyrrole nitrogens is 1. The predicted octanol–water partition coefficient (Wildman–Crippen LogP) is 2.46. The Kier molecular flexibility index (Phi) is 4.53. The van der Waals surface area contributed by atoms with E-state index < -0.39 is 0 Å². The number of hydrogen-bond acceptors (Lipinski definition) is 2. The molecule has 5 heteroatoms. The summed E-state index contributed by atoms with van der Waals surface area (Å²) in [5.74, 6) is 1.71. The molecule has 0 fully saturated rings. The van der Waals surface area contributed by atoms with Crippen LogP contribution in [0.2, 0.25) is 0 Å². The predicted molar refractivity (Wildman–Crippen MR) is 89.5 cm³/mol. The summed E-state index contributed by atoms with van der Waals surface area (Å²) in [5, 5.41) is 6.70. The molecule has 1 aromatic carbocycles. The van der Waals surface area contributed by atoms with Gasteiger partial charge in [-0.15, -0.1) is 0 Å². The number of nitrogens with zero attached hydrogens (tertiary/aromatic N) is 2. The van der Waals surface area contributed by atoms with E-state index >= 15 is 0 Å². The standard InChI is InChI=1S/C17H21N5/c1-18-17(21-14-9-5-6-10-14)20-12-16-19-11-15(22-16)13-7-3-2-4-8-13/h2-8,11,14H,9-10,12H2,1H3,(H,19,22)(H2,18,20,21). The minimum Gasteiger partial charge on any atom is -0.353 e. The first-order chi connectivity index (χ1) is 10.8. The molecule has 0 amide bonds. The van der Waals surface area contributed by atoms with E-state index in [1.54, 1.807) is 7.05 Å². The molecule has 22 heavy (non-hydrogen) atoms. The van der Waals surface area contributed by atoms with Gasteiger partial charge in [0, 0.05) is 13.1 Å². The summed E-state index contributed by atoms with van der Waals surface area (Å²) in [4.78, 5) is 12.0. The first-order valence-corrected chi connectivity index (χ1v) is 7.56. The van der Waals surface area contributed by atoms with Crippen molar-refractivity contribution in [1.82, 2.24) is 20.6 Å². The smallest absolute Gasteiger partial charge is 0.191 e. The molecule has 1 aliphatic carbocycles. The Hall–Kier alpha value is -2.56. The van der Waals surface area contributed by atoms with Crippen LogP contribution in [0, 0.1) is 0 Å². The molecule has 0 spiro atoms. The van der Waals surface area contributed by atoms with E-state index in [1.807, 2.05) is 24.4 Å². The summed E-state index contributed by atoms with van der Waals surface area (Å²) in [6, 6.07) is 10.6. The summed E-state index contributed by atoms with van der Waals surface area (Å²) >= 11 is 0. The number of aliphatic imine (C=N–C) groups is 1. The summed E-state index contributed by atoms with van der Waals surface area (Å²) in [6.07, 6.45) is 8.37. The summed E-state index contributed by atoms with van der Waals surface area (Å²) in [6.45, 7) is 0.618. The Morgan fingerprint density at radius 3 is 2.77 bits per heavy atom. The van der Waals surface area contributed by atoms with Gasteiger partial charge in [-0.05, 0) is 18.4 Å². The van der Waals surface area contributed by atoms with Crippen LogP contribution >= 0.6 is 0 Å². The third-order valence-corrected chi connectivity index (χ3v) is 3.71. The average Bonchev–Trinajstić information content (AvgIpc) is 3.24. The molecule has 0 unspecified atom stereocenters. The van der Waals surface area contributed by atoms with E-state index in [4.69, 9.17) is 0 Å². The van der Waals surface area contributed by atoms with E-state index in [1.165, 1.54) is 0 Å². The van der Waals surface area contributed by atoms with E-state index in [0.717, 1.165) is 35.9 Å². The van der Waals surface area contributed by atoms with Crippen molar-refractivity contribution < 1.29 is 0 Å². The Labute approximate surface area is 130 Å². The van der Waals surface area contributed by atoms with Crippen molar-refractivity contribution in [2.75, 3.05) is 7.05 Å². The third kappa shape index (κ3) is 3.55. The minimum atomic E-state index is 0.447. The van der Waals surface area contributed by atoms with Gasteiger partial charge in [-0.25, -0.2) is 4.98 Å². The second-order valence-corrected chi connectivity index (χ2v) is 5.32. The van der Waals surface area contributed by atoms with Gasteiger partial charge in [0.05, 0.1) is 18.4 Å². The monoisotopic (exact) mass is 295 g/mol. The average molecular weight is 295 g/mol. The summed E-state index contributed by atoms with van der Waals surface area (Å²) < 4.78 is 0. The van der Waals surface area contributed by atoms with Crippen LogP contribution in [-0.4, -0.2) is 29.0 Å². The Bertz CT molecular complexity index is 649. The molecular weight excluding hydrogens is 274 g/mol. The van der Waals surface area contributed by atoms with Gasteiger partial charge in [0.2, 0.25) is 0 Å². The Balaban J connectivity index is 1.56. The fraction of sp³-hybridized carbons (Fsp3) is 0.294. The van der Waals surface area contributed by atoms with Crippen LogP contribution in [0.5, 0.6) is 0 Å². The number of aromatic amines is 1. The molecule has 3 N–H and O–H groups in total. The highest BCUT2D eigenvalue weighted by Gasteiger charge is 2.11. The minimum absolute atomic E-state index is 0.447. The van der Waals surface area contributed by atoms with E-state index in [0.29, 0.717) is 12.6 Å². The van der Waals surface area contributed by atoms with Crippen molar-refractivity contribution in [3.63, 3.8) is 0 Å². The highest BCUT2D eigenvalue weighted by atomic mass is 15.2. The van der Waals surface area contributed by atoms with E-state index in [2.05, 4.69) is 49.9 Å². The van der Waals surface area contributed by atoms with Gasteiger partial charge < -0.3 is 15.6 Å². The topological polar surface area (TPSA) is 65.1 Å². The molecule has 0 atom stereocenters. The lowest BCUT2D eigenvalue weighted by Gasteiger charge is -2.16. The van der Waals surface area contributed by atoms with Crippen molar-refractivity contribution in [2.24, 2.45) is 4.99 Å². The van der Waals surface area contributed by atoms with Gasteiger partial charge in [0.15, 0.2) is 5.96 Å². The molecule has 0 bridgehead atoms. The van der Waals surface area contributed by atoms with Gasteiger partial charge >= 0.3 is 0 Å². The lowest BCUT2D eigenvalue weighted by molar-refractivity contribution is 0.630. The van der Waals surface area contributed by atoms with Gasteiger partial charge in [0.25, 0.3) is 0 Å². The normalized spacial score (nSPS) is 15.2. The van der Waals surface area contributed by atoms with Crippen molar-refractivity contribution >= 4 is 5.96 Å². The molecule has 0 aliphatic heterocycles. The molecule has 1 aromatic heterocycles. The molecular formula is C17H21N5. The van der Waals surface area contributed by atoms with E-state index in [-0.39, 0.29) is 0 Å². The van der Waals surface area contributed by atoms with Crippen LogP contribution < -0.4 is 10.6 Å². The zero-order valence-corrected chi connectivity index (χ0v) is 12.7. The molecule has 1 heterocycles. The molecule has 0 saturated heterocycles. The Morgan fingerprint density at radius 2 is 2.05 bits per heavy atom. The van der Waals surface area contributed by atoms with E-state index in [9.17, 15) is 0 Å². The summed E-state index contributed by atoms with van der Waals surface area (Å²) in [5.41, 5.74) is 2.17. The molecule has 0 saturated carbocycles. The molecule has 3 rings (SSSR count). The number of hydrogen-bond donors (Lipinski definition) is 3. The van der Waals surface area contributed by atoms with Crippen LogP contribution in [0.25, 0.3) is 11.3 Å². The number of imidazole rings is 1. The number of benzene rings is 1. The molecule has 114 valence electrons. The molecule has 1 aliphatic rings. The van der Waals surface area contributed by atoms with Gasteiger partial charge in [0.1, 0.15) is 5.82 Å². The number of rotatable bonds is 4. The van der Waals surface area contributed by atoms with Crippen molar-refractivity contribution in [2.45, 2.75) is 25.4 Å².